The molecule has 8 heteroatoms. The molecule has 4 aliphatic carbocycles. The second-order valence-corrected chi connectivity index (χ2v) is 8.96. The zero-order valence-electron chi connectivity index (χ0n) is 16.1. The van der Waals surface area contributed by atoms with Crippen molar-refractivity contribution in [1.29, 1.82) is 0 Å². The van der Waals surface area contributed by atoms with Gasteiger partial charge in [-0.15, -0.1) is 0 Å². The molecule has 2 amide bonds. The lowest BCUT2D eigenvalue weighted by Gasteiger charge is -2.55. The van der Waals surface area contributed by atoms with Crippen molar-refractivity contribution >= 4 is 17.5 Å². The van der Waals surface area contributed by atoms with E-state index in [2.05, 4.69) is 16.2 Å². The Balaban J connectivity index is 1.22. The molecule has 3 N–H and O–H groups in total. The van der Waals surface area contributed by atoms with Gasteiger partial charge >= 0.3 is 6.18 Å². The fraction of sp³-hybridized carbons (Fsp3) is 0.619. The van der Waals surface area contributed by atoms with Crippen molar-refractivity contribution in [3.8, 4) is 0 Å². The van der Waals surface area contributed by atoms with E-state index < -0.39 is 17.6 Å². The van der Waals surface area contributed by atoms with Crippen LogP contribution in [0.15, 0.2) is 24.3 Å². The lowest BCUT2D eigenvalue weighted by molar-refractivity contribution is -0.146. The highest BCUT2D eigenvalue weighted by Crippen LogP contribution is 2.60. The summed E-state index contributed by atoms with van der Waals surface area (Å²) in [6.45, 7) is 0.219. The second-order valence-electron chi connectivity index (χ2n) is 8.96. The monoisotopic (exact) mass is 409 g/mol. The topological polar surface area (TPSA) is 70.2 Å². The number of carbonyl (C=O) groups excluding carboxylic acids is 2. The number of anilines is 1. The van der Waals surface area contributed by atoms with Gasteiger partial charge in [0.2, 0.25) is 11.8 Å². The normalized spacial score (nSPS) is 30.1. The molecule has 29 heavy (non-hydrogen) atoms. The Morgan fingerprint density at radius 2 is 1.66 bits per heavy atom. The molecule has 0 radical (unpaired) electrons. The molecule has 0 heterocycles. The van der Waals surface area contributed by atoms with Crippen LogP contribution in [-0.2, 0) is 15.8 Å². The fourth-order valence-corrected chi connectivity index (χ4v) is 5.84. The SMILES string of the molecule is O=C(CCNC(=O)C12CC3CC(CC(C3)C1)C2)NNc1cccc(C(F)(F)F)c1. The lowest BCUT2D eigenvalue weighted by Crippen LogP contribution is -2.53. The van der Waals surface area contributed by atoms with Gasteiger partial charge in [0.05, 0.1) is 11.3 Å². The highest BCUT2D eigenvalue weighted by Gasteiger charge is 2.54. The minimum absolute atomic E-state index is 0.0596. The number of hydrogen-bond acceptors (Lipinski definition) is 3. The smallest absolute Gasteiger partial charge is 0.355 e. The number of halogens is 3. The first-order valence-electron chi connectivity index (χ1n) is 10.2. The van der Waals surface area contributed by atoms with Gasteiger partial charge in [0.1, 0.15) is 0 Å². The molecule has 1 aromatic rings. The van der Waals surface area contributed by atoms with E-state index in [0.29, 0.717) is 17.8 Å². The summed E-state index contributed by atoms with van der Waals surface area (Å²) >= 11 is 0. The summed E-state index contributed by atoms with van der Waals surface area (Å²) < 4.78 is 38.2. The van der Waals surface area contributed by atoms with Gasteiger partial charge in [-0.3, -0.25) is 20.4 Å². The van der Waals surface area contributed by atoms with Gasteiger partial charge < -0.3 is 5.32 Å². The average Bonchev–Trinajstić information content (AvgIpc) is 2.65. The number of carbonyl (C=O) groups is 2. The Bertz CT molecular complexity index is 758. The molecule has 0 atom stereocenters. The number of amides is 2. The minimum atomic E-state index is -4.44. The van der Waals surface area contributed by atoms with Crippen molar-refractivity contribution in [3.05, 3.63) is 29.8 Å². The summed E-state index contributed by atoms with van der Waals surface area (Å²) in [6.07, 6.45) is 2.30. The highest BCUT2D eigenvalue weighted by molar-refractivity contribution is 5.84. The largest absolute Gasteiger partial charge is 0.416 e. The maximum atomic E-state index is 12.8. The van der Waals surface area contributed by atoms with Crippen LogP contribution in [0.4, 0.5) is 18.9 Å². The fourth-order valence-electron chi connectivity index (χ4n) is 5.84. The van der Waals surface area contributed by atoms with Crippen LogP contribution >= 0.6 is 0 Å². The summed E-state index contributed by atoms with van der Waals surface area (Å²) in [6, 6.07) is 4.59. The van der Waals surface area contributed by atoms with E-state index in [9.17, 15) is 22.8 Å². The molecule has 0 unspecified atom stereocenters. The molecule has 1 aromatic carbocycles. The maximum Gasteiger partial charge on any atom is 0.416 e. The summed E-state index contributed by atoms with van der Waals surface area (Å²) in [4.78, 5) is 24.8. The Morgan fingerprint density at radius 3 is 2.24 bits per heavy atom. The van der Waals surface area contributed by atoms with Crippen LogP contribution in [0, 0.1) is 23.2 Å². The molecule has 0 saturated heterocycles. The van der Waals surface area contributed by atoms with Crippen molar-refractivity contribution < 1.29 is 22.8 Å². The number of alkyl halides is 3. The van der Waals surface area contributed by atoms with E-state index in [-0.39, 0.29) is 30.0 Å². The van der Waals surface area contributed by atoms with Crippen LogP contribution in [0.25, 0.3) is 0 Å². The van der Waals surface area contributed by atoms with E-state index in [1.54, 1.807) is 0 Å². The predicted molar refractivity (Wildman–Crippen MR) is 101 cm³/mol. The summed E-state index contributed by atoms with van der Waals surface area (Å²) in [5.74, 6) is 1.69. The maximum absolute atomic E-state index is 12.8. The van der Waals surface area contributed by atoms with Gasteiger partial charge in [-0.05, 0) is 74.5 Å². The molecule has 0 aliphatic heterocycles. The van der Waals surface area contributed by atoms with Crippen LogP contribution in [0.5, 0.6) is 0 Å². The molecule has 4 aliphatic rings. The van der Waals surface area contributed by atoms with Crippen LogP contribution in [-0.4, -0.2) is 18.4 Å². The van der Waals surface area contributed by atoms with Crippen LogP contribution in [0.1, 0.15) is 50.5 Å². The highest BCUT2D eigenvalue weighted by atomic mass is 19.4. The van der Waals surface area contributed by atoms with Crippen LogP contribution in [0.2, 0.25) is 0 Å². The molecule has 5 rings (SSSR count). The molecule has 4 bridgehead atoms. The molecule has 4 fully saturated rings. The summed E-state index contributed by atoms with van der Waals surface area (Å²) in [7, 11) is 0. The standard InChI is InChI=1S/C21H26F3N3O2/c22-21(23,24)16-2-1-3-17(9-16)26-27-18(28)4-5-25-19(29)20-10-13-6-14(11-20)8-15(7-13)12-20/h1-3,9,13-15,26H,4-8,10-12H2,(H,25,29)(H,27,28). The molecule has 0 spiro atoms. The van der Waals surface area contributed by atoms with Gasteiger partial charge in [0.15, 0.2) is 0 Å². The van der Waals surface area contributed by atoms with Crippen molar-refractivity contribution in [3.63, 3.8) is 0 Å². The third-order valence-corrected chi connectivity index (χ3v) is 6.69. The zero-order valence-corrected chi connectivity index (χ0v) is 16.1. The van der Waals surface area contributed by atoms with Crippen LogP contribution < -0.4 is 16.2 Å². The van der Waals surface area contributed by atoms with Crippen molar-refractivity contribution in [2.45, 2.75) is 51.1 Å². The van der Waals surface area contributed by atoms with Gasteiger partial charge in [-0.2, -0.15) is 13.2 Å². The quantitative estimate of drug-likeness (QED) is 0.625. The average molecular weight is 409 g/mol. The first kappa shape index (κ1) is 20.0. The Kier molecular flexibility index (Phi) is 5.21. The predicted octanol–water partition coefficient (Wildman–Crippen LogP) is 3.87. The number of benzene rings is 1. The third-order valence-electron chi connectivity index (χ3n) is 6.69. The molecule has 5 nitrogen and oxygen atoms in total. The minimum Gasteiger partial charge on any atom is -0.355 e. The first-order chi connectivity index (χ1) is 13.7. The van der Waals surface area contributed by atoms with E-state index >= 15 is 0 Å². The summed E-state index contributed by atoms with van der Waals surface area (Å²) in [5, 5.41) is 2.92. The Labute approximate surface area is 167 Å². The molecule has 0 aromatic heterocycles. The van der Waals surface area contributed by atoms with Crippen molar-refractivity contribution in [2.75, 3.05) is 12.0 Å². The third kappa shape index (κ3) is 4.36. The van der Waals surface area contributed by atoms with Crippen molar-refractivity contribution in [1.82, 2.24) is 10.7 Å². The molecule has 158 valence electrons. The van der Waals surface area contributed by atoms with Gasteiger partial charge in [-0.25, -0.2) is 0 Å². The molecular formula is C21H26F3N3O2. The molecular weight excluding hydrogens is 383 g/mol. The van der Waals surface area contributed by atoms with Gasteiger partial charge in [-0.1, -0.05) is 6.07 Å². The number of hydrogen-bond donors (Lipinski definition) is 3. The Morgan fingerprint density at radius 1 is 1.03 bits per heavy atom. The summed E-state index contributed by atoms with van der Waals surface area (Å²) in [5.41, 5.74) is 3.97. The van der Waals surface area contributed by atoms with Crippen molar-refractivity contribution in [2.24, 2.45) is 23.2 Å². The number of rotatable bonds is 6. The van der Waals surface area contributed by atoms with Gasteiger partial charge in [0.25, 0.3) is 0 Å². The second kappa shape index (κ2) is 7.54. The first-order valence-corrected chi connectivity index (χ1v) is 10.2. The van der Waals surface area contributed by atoms with E-state index in [1.165, 1.54) is 31.4 Å². The number of nitrogens with one attached hydrogen (secondary N) is 3. The van der Waals surface area contributed by atoms with Gasteiger partial charge in [0, 0.05) is 18.4 Å². The Hall–Kier alpha value is -2.25. The van der Waals surface area contributed by atoms with E-state index in [4.69, 9.17) is 0 Å². The van der Waals surface area contributed by atoms with E-state index in [0.717, 1.165) is 31.4 Å². The molecule has 4 saturated carbocycles. The number of hydrazine groups is 1. The lowest BCUT2D eigenvalue weighted by atomic mass is 9.49. The zero-order chi connectivity index (χ0) is 20.6. The van der Waals surface area contributed by atoms with Crippen LogP contribution in [0.3, 0.4) is 0 Å². The van der Waals surface area contributed by atoms with E-state index in [1.807, 2.05) is 0 Å².